The molecule has 0 fully saturated rings. The summed E-state index contributed by atoms with van der Waals surface area (Å²) in [4.78, 5) is 0. The first-order valence-corrected chi connectivity index (χ1v) is 5.79. The lowest BCUT2D eigenvalue weighted by molar-refractivity contribution is 0.110. The van der Waals surface area contributed by atoms with E-state index in [9.17, 15) is 0 Å². The molecule has 0 aromatic heterocycles. The van der Waals surface area contributed by atoms with E-state index in [1.807, 2.05) is 13.0 Å². The van der Waals surface area contributed by atoms with Crippen molar-refractivity contribution in [1.82, 2.24) is 0 Å². The van der Waals surface area contributed by atoms with Gasteiger partial charge in [-0.2, -0.15) is 0 Å². The first-order valence-electron chi connectivity index (χ1n) is 4.99. The third-order valence-corrected chi connectivity index (χ3v) is 2.41. The number of hydrogen-bond acceptors (Lipinski definition) is 3. The van der Waals surface area contributed by atoms with E-state index >= 15 is 0 Å². The van der Waals surface area contributed by atoms with Gasteiger partial charge in [0, 0.05) is 11.1 Å². The average Bonchev–Trinajstić information content (AvgIpc) is 2.26. The van der Waals surface area contributed by atoms with Crippen LogP contribution in [0.1, 0.15) is 12.5 Å². The van der Waals surface area contributed by atoms with Crippen LogP contribution in [0, 0.1) is 5.41 Å². The summed E-state index contributed by atoms with van der Waals surface area (Å²) in [5.41, 5.74) is 6.05. The van der Waals surface area contributed by atoms with Crippen LogP contribution >= 0.6 is 15.9 Å². The molecule has 16 heavy (non-hydrogen) atoms. The molecule has 0 amide bonds. The highest BCUT2D eigenvalue weighted by atomic mass is 79.9. The van der Waals surface area contributed by atoms with Crippen molar-refractivity contribution in [1.29, 1.82) is 5.41 Å². The van der Waals surface area contributed by atoms with E-state index in [1.54, 1.807) is 12.1 Å². The zero-order valence-electron chi connectivity index (χ0n) is 9.13. The van der Waals surface area contributed by atoms with Crippen molar-refractivity contribution in [2.75, 3.05) is 19.8 Å². The van der Waals surface area contributed by atoms with Crippen molar-refractivity contribution < 1.29 is 9.47 Å². The molecule has 4 nitrogen and oxygen atoms in total. The molecule has 5 heteroatoms. The number of hydrogen-bond donors (Lipinski definition) is 2. The van der Waals surface area contributed by atoms with E-state index in [0.717, 1.165) is 4.47 Å². The van der Waals surface area contributed by atoms with E-state index in [1.165, 1.54) is 0 Å². The van der Waals surface area contributed by atoms with Crippen LogP contribution in [-0.2, 0) is 4.74 Å². The standard InChI is InChI=1S/C11H15BrN2O2/c1-2-15-5-6-16-10-4-3-8(12)7-9(10)11(13)14/h3-4,7H,2,5-6H2,1H3,(H3,13,14). The van der Waals surface area contributed by atoms with E-state index in [-0.39, 0.29) is 5.84 Å². The second kappa shape index (κ2) is 6.50. The summed E-state index contributed by atoms with van der Waals surface area (Å²) in [7, 11) is 0. The van der Waals surface area contributed by atoms with Crippen molar-refractivity contribution in [2.24, 2.45) is 5.73 Å². The zero-order chi connectivity index (χ0) is 12.0. The van der Waals surface area contributed by atoms with Crippen LogP contribution in [0.4, 0.5) is 0 Å². The molecule has 0 unspecified atom stereocenters. The van der Waals surface area contributed by atoms with Gasteiger partial charge >= 0.3 is 0 Å². The first-order chi connectivity index (χ1) is 7.65. The number of nitrogens with one attached hydrogen (secondary N) is 1. The highest BCUT2D eigenvalue weighted by Crippen LogP contribution is 2.22. The summed E-state index contributed by atoms with van der Waals surface area (Å²) in [6, 6.07) is 5.40. The van der Waals surface area contributed by atoms with Gasteiger partial charge < -0.3 is 15.2 Å². The molecule has 0 radical (unpaired) electrons. The molecule has 0 bridgehead atoms. The number of rotatable bonds is 6. The highest BCUT2D eigenvalue weighted by Gasteiger charge is 2.07. The van der Waals surface area contributed by atoms with Gasteiger partial charge in [-0.15, -0.1) is 0 Å². The Bertz CT molecular complexity index is 369. The zero-order valence-corrected chi connectivity index (χ0v) is 10.7. The number of halogens is 1. The van der Waals surface area contributed by atoms with Gasteiger partial charge in [0.05, 0.1) is 12.2 Å². The van der Waals surface area contributed by atoms with Crippen LogP contribution in [0.15, 0.2) is 22.7 Å². The maximum absolute atomic E-state index is 7.44. The smallest absolute Gasteiger partial charge is 0.130 e. The van der Waals surface area contributed by atoms with Crippen molar-refractivity contribution in [3.05, 3.63) is 28.2 Å². The molecule has 0 saturated carbocycles. The summed E-state index contributed by atoms with van der Waals surface area (Å²) in [6.45, 7) is 3.59. The number of amidine groups is 1. The lowest BCUT2D eigenvalue weighted by Gasteiger charge is -2.10. The van der Waals surface area contributed by atoms with Crippen molar-refractivity contribution in [3.8, 4) is 5.75 Å². The molecule has 88 valence electrons. The number of benzene rings is 1. The molecule has 0 heterocycles. The fourth-order valence-electron chi connectivity index (χ4n) is 1.19. The predicted octanol–water partition coefficient (Wildman–Crippen LogP) is 2.15. The Labute approximate surface area is 103 Å². The molecule has 3 N–H and O–H groups in total. The fraction of sp³-hybridized carbons (Fsp3) is 0.364. The first kappa shape index (κ1) is 13.0. The van der Waals surface area contributed by atoms with Crippen molar-refractivity contribution in [2.45, 2.75) is 6.92 Å². The normalized spacial score (nSPS) is 10.1. The highest BCUT2D eigenvalue weighted by molar-refractivity contribution is 9.10. The monoisotopic (exact) mass is 286 g/mol. The predicted molar refractivity (Wildman–Crippen MR) is 67.1 cm³/mol. The Kier molecular flexibility index (Phi) is 5.28. The van der Waals surface area contributed by atoms with Crippen LogP contribution in [0.2, 0.25) is 0 Å². The molecular weight excluding hydrogens is 272 g/mol. The Hall–Kier alpha value is -1.07. The Morgan fingerprint density at radius 1 is 1.44 bits per heavy atom. The number of nitrogens with two attached hydrogens (primary N) is 1. The molecular formula is C11H15BrN2O2. The summed E-state index contributed by atoms with van der Waals surface area (Å²) in [5.74, 6) is 0.600. The van der Waals surface area contributed by atoms with E-state index in [0.29, 0.717) is 31.1 Å². The minimum atomic E-state index is -0.00675. The van der Waals surface area contributed by atoms with E-state index in [2.05, 4.69) is 15.9 Å². The molecule has 1 aromatic carbocycles. The average molecular weight is 287 g/mol. The topological polar surface area (TPSA) is 68.3 Å². The molecule has 0 aliphatic carbocycles. The van der Waals surface area contributed by atoms with Gasteiger partial charge in [0.2, 0.25) is 0 Å². The third kappa shape index (κ3) is 3.83. The van der Waals surface area contributed by atoms with E-state index in [4.69, 9.17) is 20.6 Å². The lowest BCUT2D eigenvalue weighted by atomic mass is 10.2. The minimum Gasteiger partial charge on any atom is -0.490 e. The van der Waals surface area contributed by atoms with Crippen LogP contribution in [-0.4, -0.2) is 25.7 Å². The summed E-state index contributed by atoms with van der Waals surface area (Å²) in [6.07, 6.45) is 0. The fourth-order valence-corrected chi connectivity index (χ4v) is 1.55. The molecule has 1 aromatic rings. The van der Waals surface area contributed by atoms with Crippen molar-refractivity contribution >= 4 is 21.8 Å². The second-order valence-corrected chi connectivity index (χ2v) is 4.02. The van der Waals surface area contributed by atoms with Crippen LogP contribution < -0.4 is 10.5 Å². The van der Waals surface area contributed by atoms with Gasteiger partial charge in [0.1, 0.15) is 18.2 Å². The van der Waals surface area contributed by atoms with E-state index < -0.39 is 0 Å². The third-order valence-electron chi connectivity index (χ3n) is 1.92. The largest absolute Gasteiger partial charge is 0.490 e. The van der Waals surface area contributed by atoms with Crippen LogP contribution in [0.5, 0.6) is 5.75 Å². The Morgan fingerprint density at radius 2 is 2.19 bits per heavy atom. The number of nitrogen functional groups attached to an aromatic ring is 1. The molecule has 0 atom stereocenters. The van der Waals surface area contributed by atoms with Crippen LogP contribution in [0.3, 0.4) is 0 Å². The second-order valence-electron chi connectivity index (χ2n) is 3.10. The number of ether oxygens (including phenoxy) is 2. The van der Waals surface area contributed by atoms with Gasteiger partial charge in [-0.25, -0.2) is 0 Å². The minimum absolute atomic E-state index is 0.00675. The van der Waals surface area contributed by atoms with Gasteiger partial charge in [-0.1, -0.05) is 15.9 Å². The van der Waals surface area contributed by atoms with Gasteiger partial charge in [-0.05, 0) is 25.1 Å². The quantitative estimate of drug-likeness (QED) is 0.478. The van der Waals surface area contributed by atoms with Crippen molar-refractivity contribution in [3.63, 3.8) is 0 Å². The summed E-state index contributed by atoms with van der Waals surface area (Å²) in [5, 5.41) is 7.44. The summed E-state index contributed by atoms with van der Waals surface area (Å²) >= 11 is 3.33. The van der Waals surface area contributed by atoms with Gasteiger partial charge in [0.25, 0.3) is 0 Å². The maximum Gasteiger partial charge on any atom is 0.130 e. The van der Waals surface area contributed by atoms with Gasteiger partial charge in [-0.3, -0.25) is 5.41 Å². The molecule has 1 rings (SSSR count). The summed E-state index contributed by atoms with van der Waals surface area (Å²) < 4.78 is 11.5. The SMILES string of the molecule is CCOCCOc1ccc(Br)cc1C(=N)N. The maximum atomic E-state index is 7.44. The Morgan fingerprint density at radius 3 is 2.81 bits per heavy atom. The van der Waals surface area contributed by atoms with Gasteiger partial charge in [0.15, 0.2) is 0 Å². The molecule has 0 saturated heterocycles. The molecule has 0 aliphatic rings. The molecule has 0 spiro atoms. The lowest BCUT2D eigenvalue weighted by Crippen LogP contribution is -2.14. The molecule has 0 aliphatic heterocycles. The van der Waals surface area contributed by atoms with Crippen LogP contribution in [0.25, 0.3) is 0 Å². The Balaban J connectivity index is 2.67.